The Morgan fingerprint density at radius 1 is 1.71 bits per heavy atom. The number of aromatic nitrogens is 1. The molecule has 78 valence electrons. The summed E-state index contributed by atoms with van der Waals surface area (Å²) in [5, 5.41) is 2.30. The highest BCUT2D eigenvalue weighted by Crippen LogP contribution is 2.12. The lowest BCUT2D eigenvalue weighted by Crippen LogP contribution is -2.04. The van der Waals surface area contributed by atoms with Crippen molar-refractivity contribution < 1.29 is 9.53 Å². The van der Waals surface area contributed by atoms with Crippen LogP contribution in [-0.2, 0) is 11.2 Å². The minimum absolute atomic E-state index is 0.338. The second-order valence-electron chi connectivity index (χ2n) is 2.66. The number of nitrogens with zero attached hydrogens (tertiary/aromatic N) is 1. The number of ether oxygens (including phenoxy) is 1. The summed E-state index contributed by atoms with van der Waals surface area (Å²) >= 11 is 6.87. The van der Waals surface area contributed by atoms with Gasteiger partial charge >= 0.3 is 5.97 Å². The molecule has 0 aromatic carbocycles. The van der Waals surface area contributed by atoms with Gasteiger partial charge in [0.25, 0.3) is 0 Å². The molecule has 0 fully saturated rings. The molecular weight excluding hydrogens is 222 g/mol. The maximum absolute atomic E-state index is 11.2. The highest BCUT2D eigenvalue weighted by atomic mass is 35.5. The SMILES string of the molecule is CCOC(=O)c1nc(CCCCl)cs1. The molecule has 14 heavy (non-hydrogen) atoms. The van der Waals surface area contributed by atoms with Crippen LogP contribution in [0.3, 0.4) is 0 Å². The lowest BCUT2D eigenvalue weighted by Gasteiger charge is -1.95. The van der Waals surface area contributed by atoms with Gasteiger partial charge in [0.15, 0.2) is 0 Å². The Hall–Kier alpha value is -0.610. The van der Waals surface area contributed by atoms with Crippen molar-refractivity contribution in [2.45, 2.75) is 19.8 Å². The summed E-state index contributed by atoms with van der Waals surface area (Å²) in [4.78, 5) is 15.4. The van der Waals surface area contributed by atoms with Gasteiger partial charge in [0.1, 0.15) is 0 Å². The predicted octanol–water partition coefficient (Wildman–Crippen LogP) is 2.49. The van der Waals surface area contributed by atoms with Gasteiger partial charge in [-0.2, -0.15) is 0 Å². The number of carbonyl (C=O) groups is 1. The molecule has 1 aromatic rings. The van der Waals surface area contributed by atoms with E-state index in [1.165, 1.54) is 11.3 Å². The van der Waals surface area contributed by atoms with Gasteiger partial charge < -0.3 is 4.74 Å². The summed E-state index contributed by atoms with van der Waals surface area (Å²) < 4.78 is 4.83. The Balaban J connectivity index is 2.54. The van der Waals surface area contributed by atoms with Gasteiger partial charge in [-0.3, -0.25) is 0 Å². The Kier molecular flexibility index (Phi) is 4.90. The first-order valence-corrected chi connectivity index (χ1v) is 5.86. The molecule has 0 N–H and O–H groups in total. The molecule has 0 aliphatic rings. The summed E-state index contributed by atoms with van der Waals surface area (Å²) in [7, 11) is 0. The van der Waals surface area contributed by atoms with Crippen LogP contribution in [0, 0.1) is 0 Å². The van der Waals surface area contributed by atoms with E-state index in [9.17, 15) is 4.79 Å². The molecule has 3 nitrogen and oxygen atoms in total. The summed E-state index contributed by atoms with van der Waals surface area (Å²) in [6.45, 7) is 2.16. The highest BCUT2D eigenvalue weighted by Gasteiger charge is 2.11. The Bertz CT molecular complexity index is 301. The molecular formula is C9H12ClNO2S. The summed E-state index contributed by atoms with van der Waals surface area (Å²) in [6, 6.07) is 0. The van der Waals surface area contributed by atoms with Gasteiger partial charge in [0.05, 0.1) is 12.3 Å². The molecule has 1 aromatic heterocycles. The van der Waals surface area contributed by atoms with Crippen LogP contribution < -0.4 is 0 Å². The summed E-state index contributed by atoms with van der Waals surface area (Å²) in [5.41, 5.74) is 0.915. The zero-order chi connectivity index (χ0) is 10.4. The molecule has 1 heterocycles. The quantitative estimate of drug-likeness (QED) is 0.580. The molecule has 0 radical (unpaired) electrons. The molecule has 0 aliphatic carbocycles. The Morgan fingerprint density at radius 2 is 2.50 bits per heavy atom. The largest absolute Gasteiger partial charge is 0.461 e. The maximum atomic E-state index is 11.2. The van der Waals surface area contributed by atoms with E-state index in [4.69, 9.17) is 16.3 Å². The van der Waals surface area contributed by atoms with Crippen molar-refractivity contribution in [3.8, 4) is 0 Å². The average Bonchev–Trinajstić information content (AvgIpc) is 2.63. The summed E-state index contributed by atoms with van der Waals surface area (Å²) in [6.07, 6.45) is 1.70. The van der Waals surface area contributed by atoms with Crippen molar-refractivity contribution >= 4 is 28.9 Å². The number of halogens is 1. The van der Waals surface area contributed by atoms with Gasteiger partial charge in [-0.05, 0) is 19.8 Å². The lowest BCUT2D eigenvalue weighted by atomic mass is 10.3. The molecule has 1 rings (SSSR count). The van der Waals surface area contributed by atoms with E-state index in [1.54, 1.807) is 6.92 Å². The smallest absolute Gasteiger partial charge is 0.367 e. The molecule has 0 amide bonds. The fourth-order valence-corrected chi connectivity index (χ4v) is 1.83. The van der Waals surface area contributed by atoms with Crippen molar-refractivity contribution in [3.63, 3.8) is 0 Å². The third-order valence-electron chi connectivity index (χ3n) is 1.57. The fraction of sp³-hybridized carbons (Fsp3) is 0.556. The number of carbonyl (C=O) groups excluding carboxylic acids is 1. The predicted molar refractivity (Wildman–Crippen MR) is 57.1 cm³/mol. The van der Waals surface area contributed by atoms with Crippen LogP contribution in [-0.4, -0.2) is 23.4 Å². The number of thiazole rings is 1. The summed E-state index contributed by atoms with van der Waals surface area (Å²) in [5.74, 6) is 0.279. The number of esters is 1. The number of aryl methyl sites for hydroxylation is 1. The van der Waals surface area contributed by atoms with E-state index in [-0.39, 0.29) is 5.97 Å². The number of rotatable bonds is 5. The molecule has 0 atom stereocenters. The highest BCUT2D eigenvalue weighted by molar-refractivity contribution is 7.11. The molecule has 0 bridgehead atoms. The van der Waals surface area contributed by atoms with Gasteiger partial charge in [0.2, 0.25) is 5.01 Å². The molecule has 0 saturated heterocycles. The van der Waals surface area contributed by atoms with Crippen LogP contribution in [0.4, 0.5) is 0 Å². The van der Waals surface area contributed by atoms with Gasteiger partial charge in [-0.1, -0.05) is 0 Å². The third kappa shape index (κ3) is 3.27. The van der Waals surface area contributed by atoms with Crippen LogP contribution in [0.2, 0.25) is 0 Å². The minimum atomic E-state index is -0.338. The molecule has 0 aliphatic heterocycles. The van der Waals surface area contributed by atoms with E-state index < -0.39 is 0 Å². The standard InChI is InChI=1S/C9H12ClNO2S/c1-2-13-9(12)8-11-7(6-14-8)4-3-5-10/h6H,2-5H2,1H3. The van der Waals surface area contributed by atoms with Gasteiger partial charge in [-0.15, -0.1) is 22.9 Å². The van der Waals surface area contributed by atoms with Gasteiger partial charge in [-0.25, -0.2) is 9.78 Å². The van der Waals surface area contributed by atoms with E-state index in [0.717, 1.165) is 18.5 Å². The zero-order valence-corrected chi connectivity index (χ0v) is 9.53. The fourth-order valence-electron chi connectivity index (χ4n) is 0.956. The minimum Gasteiger partial charge on any atom is -0.461 e. The Labute approximate surface area is 92.1 Å². The lowest BCUT2D eigenvalue weighted by molar-refractivity contribution is 0.0525. The Morgan fingerprint density at radius 3 is 3.14 bits per heavy atom. The van der Waals surface area contributed by atoms with Crippen molar-refractivity contribution in [3.05, 3.63) is 16.1 Å². The van der Waals surface area contributed by atoms with Crippen molar-refractivity contribution in [1.82, 2.24) is 4.98 Å². The average molecular weight is 234 g/mol. The third-order valence-corrected chi connectivity index (χ3v) is 2.71. The molecule has 0 spiro atoms. The number of hydrogen-bond donors (Lipinski definition) is 0. The second kappa shape index (κ2) is 5.98. The monoisotopic (exact) mass is 233 g/mol. The number of hydrogen-bond acceptors (Lipinski definition) is 4. The molecule has 0 saturated carbocycles. The second-order valence-corrected chi connectivity index (χ2v) is 3.89. The van der Waals surface area contributed by atoms with Crippen LogP contribution in [0.1, 0.15) is 28.8 Å². The van der Waals surface area contributed by atoms with Crippen LogP contribution in [0.15, 0.2) is 5.38 Å². The first kappa shape index (κ1) is 11.5. The van der Waals surface area contributed by atoms with Crippen molar-refractivity contribution in [2.75, 3.05) is 12.5 Å². The maximum Gasteiger partial charge on any atom is 0.367 e. The van der Waals surface area contributed by atoms with Crippen molar-refractivity contribution in [1.29, 1.82) is 0 Å². The number of alkyl halides is 1. The first-order chi connectivity index (χ1) is 6.77. The van der Waals surface area contributed by atoms with Crippen LogP contribution in [0.5, 0.6) is 0 Å². The first-order valence-electron chi connectivity index (χ1n) is 4.45. The van der Waals surface area contributed by atoms with Crippen molar-refractivity contribution in [2.24, 2.45) is 0 Å². The van der Waals surface area contributed by atoms with E-state index in [2.05, 4.69) is 4.98 Å². The normalized spacial score (nSPS) is 10.1. The van der Waals surface area contributed by atoms with E-state index >= 15 is 0 Å². The molecule has 0 unspecified atom stereocenters. The zero-order valence-electron chi connectivity index (χ0n) is 7.96. The van der Waals surface area contributed by atoms with Crippen LogP contribution >= 0.6 is 22.9 Å². The van der Waals surface area contributed by atoms with Gasteiger partial charge in [0, 0.05) is 11.3 Å². The topological polar surface area (TPSA) is 39.2 Å². The van der Waals surface area contributed by atoms with Crippen LogP contribution in [0.25, 0.3) is 0 Å². The van der Waals surface area contributed by atoms with E-state index in [1.807, 2.05) is 5.38 Å². The molecule has 5 heteroatoms. The van der Waals surface area contributed by atoms with E-state index in [0.29, 0.717) is 17.5 Å².